The summed E-state index contributed by atoms with van der Waals surface area (Å²) in [4.78, 5) is 4.63. The number of imidazole rings is 1. The number of hydrogen-bond acceptors (Lipinski definition) is 1. The van der Waals surface area contributed by atoms with Crippen LogP contribution in [-0.2, 0) is 5.54 Å². The fourth-order valence-corrected chi connectivity index (χ4v) is 2.53. The van der Waals surface area contributed by atoms with Gasteiger partial charge in [0.25, 0.3) is 0 Å². The number of halogens is 2. The van der Waals surface area contributed by atoms with Gasteiger partial charge in [-0.15, -0.1) is 11.6 Å². The molecule has 0 N–H and O–H groups in total. The van der Waals surface area contributed by atoms with Crippen molar-refractivity contribution in [1.82, 2.24) is 9.55 Å². The maximum atomic E-state index is 6.23. The van der Waals surface area contributed by atoms with Crippen molar-refractivity contribution >= 4 is 38.6 Å². The Morgan fingerprint density at radius 2 is 2.00 bits per heavy atom. The summed E-state index contributed by atoms with van der Waals surface area (Å²) in [6, 6.07) is 6.12. The molecule has 0 aliphatic rings. The normalized spacial score (nSPS) is 14.2. The van der Waals surface area contributed by atoms with Crippen molar-refractivity contribution in [2.45, 2.75) is 38.6 Å². The van der Waals surface area contributed by atoms with Gasteiger partial charge in [0.05, 0.1) is 16.4 Å². The highest BCUT2D eigenvalue weighted by Gasteiger charge is 2.23. The molecule has 2 aromatic rings. The van der Waals surface area contributed by atoms with Crippen molar-refractivity contribution in [3.05, 3.63) is 28.5 Å². The van der Waals surface area contributed by atoms with Crippen molar-refractivity contribution in [2.24, 2.45) is 0 Å². The first-order valence-electron chi connectivity index (χ1n) is 5.63. The Bertz CT molecular complexity index is 552. The van der Waals surface area contributed by atoms with Gasteiger partial charge in [0.2, 0.25) is 0 Å². The molecule has 0 aliphatic carbocycles. The maximum absolute atomic E-state index is 6.23. The molecule has 0 aliphatic heterocycles. The maximum Gasteiger partial charge on any atom is 0.128 e. The number of hydrogen-bond donors (Lipinski definition) is 0. The minimum atomic E-state index is -0.0969. The summed E-state index contributed by atoms with van der Waals surface area (Å²) in [7, 11) is 0. The molecule has 1 aromatic carbocycles. The van der Waals surface area contributed by atoms with E-state index in [1.165, 1.54) is 0 Å². The Hall–Kier alpha value is -0.540. The molecular weight excluding hydrogens is 300 g/mol. The van der Waals surface area contributed by atoms with Crippen LogP contribution in [0.3, 0.4) is 0 Å². The molecule has 1 aromatic heterocycles. The van der Waals surface area contributed by atoms with Gasteiger partial charge in [0.1, 0.15) is 5.82 Å². The molecule has 92 valence electrons. The molecule has 0 saturated heterocycles. The molecule has 0 bridgehead atoms. The van der Waals surface area contributed by atoms with Crippen LogP contribution >= 0.6 is 27.5 Å². The summed E-state index contributed by atoms with van der Waals surface area (Å²) in [5, 5.41) is -0.0969. The predicted octanol–water partition coefficient (Wildman–Crippen LogP) is 4.85. The first-order valence-corrected chi connectivity index (χ1v) is 6.86. The van der Waals surface area contributed by atoms with E-state index in [9.17, 15) is 0 Å². The zero-order valence-electron chi connectivity index (χ0n) is 10.5. The lowest BCUT2D eigenvalue weighted by atomic mass is 10.1. The molecule has 0 amide bonds. The molecular formula is C13H16BrClN2. The number of nitrogens with zero attached hydrogens (tertiary/aromatic N) is 2. The Labute approximate surface area is 115 Å². The average Bonchev–Trinajstić information content (AvgIpc) is 2.55. The third kappa shape index (κ3) is 2.36. The molecule has 1 heterocycles. The monoisotopic (exact) mass is 314 g/mol. The highest BCUT2D eigenvalue weighted by molar-refractivity contribution is 9.10. The van der Waals surface area contributed by atoms with Gasteiger partial charge < -0.3 is 4.57 Å². The van der Waals surface area contributed by atoms with Gasteiger partial charge in [-0.1, -0.05) is 15.9 Å². The van der Waals surface area contributed by atoms with Crippen LogP contribution in [0.25, 0.3) is 11.0 Å². The third-order valence-electron chi connectivity index (χ3n) is 2.67. The Kier molecular flexibility index (Phi) is 3.25. The predicted molar refractivity (Wildman–Crippen MR) is 76.7 cm³/mol. The van der Waals surface area contributed by atoms with Gasteiger partial charge in [-0.25, -0.2) is 4.98 Å². The topological polar surface area (TPSA) is 17.8 Å². The van der Waals surface area contributed by atoms with Gasteiger partial charge >= 0.3 is 0 Å². The van der Waals surface area contributed by atoms with Crippen LogP contribution in [0.5, 0.6) is 0 Å². The van der Waals surface area contributed by atoms with Crippen LogP contribution in [0.2, 0.25) is 0 Å². The molecule has 0 saturated carbocycles. The van der Waals surface area contributed by atoms with E-state index < -0.39 is 0 Å². The first-order chi connectivity index (χ1) is 7.80. The lowest BCUT2D eigenvalue weighted by Gasteiger charge is -2.25. The Balaban J connectivity index is 2.83. The van der Waals surface area contributed by atoms with E-state index in [1.807, 2.05) is 19.1 Å². The second-order valence-electron chi connectivity index (χ2n) is 5.23. The smallest absolute Gasteiger partial charge is 0.128 e. The summed E-state index contributed by atoms with van der Waals surface area (Å²) >= 11 is 9.74. The van der Waals surface area contributed by atoms with Crippen LogP contribution in [0.15, 0.2) is 22.7 Å². The molecule has 4 heteroatoms. The van der Waals surface area contributed by atoms with Crippen LogP contribution in [0, 0.1) is 0 Å². The summed E-state index contributed by atoms with van der Waals surface area (Å²) in [5.41, 5.74) is 2.08. The Morgan fingerprint density at radius 1 is 1.35 bits per heavy atom. The van der Waals surface area contributed by atoms with Gasteiger partial charge in [-0.2, -0.15) is 0 Å². The van der Waals surface area contributed by atoms with Crippen LogP contribution in [-0.4, -0.2) is 9.55 Å². The summed E-state index contributed by atoms with van der Waals surface area (Å²) in [5.74, 6) is 0.923. The molecule has 17 heavy (non-hydrogen) atoms. The molecule has 1 atom stereocenters. The second-order valence-corrected chi connectivity index (χ2v) is 6.80. The molecule has 0 fully saturated rings. The molecule has 0 spiro atoms. The minimum Gasteiger partial charge on any atom is -0.321 e. The standard InChI is InChI=1S/C13H16BrClN2/c1-8(15)12-16-10-6-5-9(14)7-11(10)17(12)13(2,3)4/h5-8H,1-4H3. The number of fused-ring (bicyclic) bond motifs is 1. The zero-order valence-corrected chi connectivity index (χ0v) is 12.8. The molecule has 2 rings (SSSR count). The van der Waals surface area contributed by atoms with E-state index in [0.29, 0.717) is 0 Å². The van der Waals surface area contributed by atoms with E-state index in [-0.39, 0.29) is 10.9 Å². The largest absolute Gasteiger partial charge is 0.321 e. The fourth-order valence-electron chi connectivity index (χ4n) is 2.04. The van der Waals surface area contributed by atoms with E-state index in [4.69, 9.17) is 11.6 Å². The number of aromatic nitrogens is 2. The minimum absolute atomic E-state index is 0.0337. The highest BCUT2D eigenvalue weighted by atomic mass is 79.9. The van der Waals surface area contributed by atoms with Crippen molar-refractivity contribution in [3.63, 3.8) is 0 Å². The zero-order chi connectivity index (χ0) is 12.8. The van der Waals surface area contributed by atoms with E-state index in [1.54, 1.807) is 0 Å². The summed E-state index contributed by atoms with van der Waals surface area (Å²) in [6.45, 7) is 8.45. The van der Waals surface area contributed by atoms with Crippen LogP contribution in [0.1, 0.15) is 38.9 Å². The second kappa shape index (κ2) is 4.29. The van der Waals surface area contributed by atoms with Crippen molar-refractivity contribution in [3.8, 4) is 0 Å². The van der Waals surface area contributed by atoms with Crippen LogP contribution < -0.4 is 0 Å². The van der Waals surface area contributed by atoms with E-state index >= 15 is 0 Å². The van der Waals surface area contributed by atoms with Crippen molar-refractivity contribution < 1.29 is 0 Å². The van der Waals surface area contributed by atoms with Crippen molar-refractivity contribution in [1.29, 1.82) is 0 Å². The average molecular weight is 316 g/mol. The van der Waals surface area contributed by atoms with Crippen molar-refractivity contribution in [2.75, 3.05) is 0 Å². The quantitative estimate of drug-likeness (QED) is 0.688. The SMILES string of the molecule is CC(Cl)c1nc2ccc(Br)cc2n1C(C)(C)C. The number of benzene rings is 1. The van der Waals surface area contributed by atoms with Gasteiger partial charge in [-0.3, -0.25) is 0 Å². The summed E-state index contributed by atoms with van der Waals surface area (Å²) < 4.78 is 3.27. The van der Waals surface area contributed by atoms with Gasteiger partial charge in [0, 0.05) is 10.0 Å². The highest BCUT2D eigenvalue weighted by Crippen LogP contribution is 2.31. The lowest BCUT2D eigenvalue weighted by molar-refractivity contribution is 0.394. The fraction of sp³-hybridized carbons (Fsp3) is 0.462. The number of rotatable bonds is 1. The summed E-state index contributed by atoms with van der Waals surface area (Å²) in [6.07, 6.45) is 0. The van der Waals surface area contributed by atoms with E-state index in [0.717, 1.165) is 21.3 Å². The lowest BCUT2D eigenvalue weighted by Crippen LogP contribution is -2.24. The Morgan fingerprint density at radius 3 is 2.53 bits per heavy atom. The van der Waals surface area contributed by atoms with Gasteiger partial charge in [0.15, 0.2) is 0 Å². The number of alkyl halides is 1. The molecule has 0 radical (unpaired) electrons. The van der Waals surface area contributed by atoms with Gasteiger partial charge in [-0.05, 0) is 45.9 Å². The van der Waals surface area contributed by atoms with Crippen LogP contribution in [0.4, 0.5) is 0 Å². The first kappa shape index (κ1) is 12.9. The molecule has 1 unspecified atom stereocenters. The molecule has 2 nitrogen and oxygen atoms in total. The third-order valence-corrected chi connectivity index (χ3v) is 3.36. The van der Waals surface area contributed by atoms with E-state index in [2.05, 4.69) is 52.3 Å².